The van der Waals surface area contributed by atoms with E-state index < -0.39 is 0 Å². The third-order valence-electron chi connectivity index (χ3n) is 4.66. The lowest BCUT2D eigenvalue weighted by Gasteiger charge is -2.39. The minimum absolute atomic E-state index is 0.752. The van der Waals surface area contributed by atoms with Crippen molar-refractivity contribution < 1.29 is 0 Å². The van der Waals surface area contributed by atoms with Gasteiger partial charge < -0.3 is 5.32 Å². The molecule has 2 unspecified atom stereocenters. The lowest BCUT2D eigenvalue weighted by atomic mass is 9.75. The average molecular weight is 340 g/mol. The molecule has 0 aliphatic heterocycles. The van der Waals surface area contributed by atoms with Gasteiger partial charge in [-0.25, -0.2) is 0 Å². The van der Waals surface area contributed by atoms with Gasteiger partial charge in [0.25, 0.3) is 0 Å². The summed E-state index contributed by atoms with van der Waals surface area (Å²) in [6.07, 6.45) is 9.08. The van der Waals surface area contributed by atoms with Crippen molar-refractivity contribution in [3.05, 3.63) is 34.3 Å². The first-order chi connectivity index (χ1) is 9.26. The quantitative estimate of drug-likeness (QED) is 0.862. The van der Waals surface area contributed by atoms with E-state index in [9.17, 15) is 0 Å². The number of hydrogen-bond donors (Lipinski definition) is 1. The normalized spacial score (nSPS) is 34.2. The van der Waals surface area contributed by atoms with Gasteiger partial charge in [-0.1, -0.05) is 34.5 Å². The van der Waals surface area contributed by atoms with E-state index in [2.05, 4.69) is 51.8 Å². The van der Waals surface area contributed by atoms with Gasteiger partial charge in [0.15, 0.2) is 0 Å². The van der Waals surface area contributed by atoms with Crippen LogP contribution in [-0.2, 0) is 0 Å². The molecule has 19 heavy (non-hydrogen) atoms. The van der Waals surface area contributed by atoms with Crippen LogP contribution in [-0.4, -0.2) is 23.6 Å². The van der Waals surface area contributed by atoms with Crippen LogP contribution in [0.25, 0.3) is 0 Å². The number of rotatable bonds is 4. The van der Waals surface area contributed by atoms with Crippen molar-refractivity contribution in [2.75, 3.05) is 6.26 Å². The molecule has 0 aromatic heterocycles. The summed E-state index contributed by atoms with van der Waals surface area (Å²) in [5.74, 6) is 0.768. The Labute approximate surface area is 129 Å². The Hall–Kier alpha value is 0.01000. The second-order valence-electron chi connectivity index (χ2n) is 5.90. The zero-order chi connectivity index (χ0) is 13.2. The first kappa shape index (κ1) is 14.0. The summed E-state index contributed by atoms with van der Waals surface area (Å²) in [6.45, 7) is 0. The Kier molecular flexibility index (Phi) is 4.55. The second kappa shape index (κ2) is 6.19. The lowest BCUT2D eigenvalue weighted by molar-refractivity contribution is 0.266. The Morgan fingerprint density at radius 2 is 2.11 bits per heavy atom. The van der Waals surface area contributed by atoms with Crippen LogP contribution < -0.4 is 5.32 Å². The van der Waals surface area contributed by atoms with Gasteiger partial charge in [-0.2, -0.15) is 11.8 Å². The standard InChI is InChI=1S/C16H22BrNS/c1-19-16-7-3-6-15(16)18-14-9-12(10-14)11-4-2-5-13(17)8-11/h2,4-5,8,12,14-16,18H,3,6-7,9-10H2,1H3. The Morgan fingerprint density at radius 1 is 1.26 bits per heavy atom. The van der Waals surface area contributed by atoms with Gasteiger partial charge in [-0.3, -0.25) is 0 Å². The molecule has 0 radical (unpaired) electrons. The van der Waals surface area contributed by atoms with Crippen molar-refractivity contribution in [2.45, 2.75) is 55.4 Å². The van der Waals surface area contributed by atoms with Gasteiger partial charge in [-0.05, 0) is 55.6 Å². The molecule has 1 aromatic rings. The highest BCUT2D eigenvalue weighted by molar-refractivity contribution is 9.10. The van der Waals surface area contributed by atoms with Gasteiger partial charge >= 0.3 is 0 Å². The lowest BCUT2D eigenvalue weighted by Crippen LogP contribution is -2.47. The molecule has 0 amide bonds. The molecule has 2 saturated carbocycles. The van der Waals surface area contributed by atoms with Gasteiger partial charge in [0.1, 0.15) is 0 Å². The molecular weight excluding hydrogens is 318 g/mol. The van der Waals surface area contributed by atoms with Crippen LogP contribution in [0.4, 0.5) is 0 Å². The highest BCUT2D eigenvalue weighted by atomic mass is 79.9. The molecule has 2 fully saturated rings. The Balaban J connectivity index is 1.50. The molecule has 0 bridgehead atoms. The van der Waals surface area contributed by atoms with E-state index in [1.165, 1.54) is 42.1 Å². The third kappa shape index (κ3) is 3.20. The highest BCUT2D eigenvalue weighted by Gasteiger charge is 2.35. The number of hydrogen-bond acceptors (Lipinski definition) is 2. The molecule has 104 valence electrons. The fraction of sp³-hybridized carbons (Fsp3) is 0.625. The maximum atomic E-state index is 3.90. The van der Waals surface area contributed by atoms with Crippen molar-refractivity contribution >= 4 is 27.7 Å². The minimum atomic E-state index is 0.752. The molecule has 2 aliphatic rings. The van der Waals surface area contributed by atoms with E-state index in [0.29, 0.717) is 0 Å². The number of halogens is 1. The first-order valence-corrected chi connectivity index (χ1v) is 9.38. The van der Waals surface area contributed by atoms with E-state index in [4.69, 9.17) is 0 Å². The first-order valence-electron chi connectivity index (χ1n) is 7.30. The maximum absolute atomic E-state index is 3.90. The molecule has 2 atom stereocenters. The summed E-state index contributed by atoms with van der Waals surface area (Å²) >= 11 is 5.62. The zero-order valence-corrected chi connectivity index (χ0v) is 13.8. The monoisotopic (exact) mass is 339 g/mol. The predicted octanol–water partition coefficient (Wildman–Crippen LogP) is 4.57. The summed E-state index contributed by atoms with van der Waals surface area (Å²) in [5.41, 5.74) is 1.50. The van der Waals surface area contributed by atoms with Crippen molar-refractivity contribution in [1.82, 2.24) is 5.32 Å². The van der Waals surface area contributed by atoms with Crippen LogP contribution in [0.1, 0.15) is 43.6 Å². The van der Waals surface area contributed by atoms with E-state index in [1.807, 2.05) is 11.8 Å². The van der Waals surface area contributed by atoms with E-state index in [1.54, 1.807) is 0 Å². The SMILES string of the molecule is CSC1CCCC1NC1CC(c2cccc(Br)c2)C1. The summed E-state index contributed by atoms with van der Waals surface area (Å²) in [7, 11) is 0. The highest BCUT2D eigenvalue weighted by Crippen LogP contribution is 2.39. The molecule has 0 spiro atoms. The molecular formula is C16H22BrNS. The van der Waals surface area contributed by atoms with Crippen LogP contribution in [0.2, 0.25) is 0 Å². The van der Waals surface area contributed by atoms with Crippen molar-refractivity contribution in [3.8, 4) is 0 Å². The maximum Gasteiger partial charge on any atom is 0.0198 e. The fourth-order valence-corrected chi connectivity index (χ4v) is 4.85. The Bertz CT molecular complexity index is 431. The van der Waals surface area contributed by atoms with Crippen molar-refractivity contribution in [1.29, 1.82) is 0 Å². The number of nitrogens with one attached hydrogen (secondary N) is 1. The van der Waals surface area contributed by atoms with Crippen LogP contribution in [0.3, 0.4) is 0 Å². The van der Waals surface area contributed by atoms with Crippen LogP contribution >= 0.6 is 27.7 Å². The van der Waals surface area contributed by atoms with Gasteiger partial charge in [0.05, 0.1) is 0 Å². The van der Waals surface area contributed by atoms with Gasteiger partial charge in [-0.15, -0.1) is 0 Å². The van der Waals surface area contributed by atoms with Crippen LogP contribution in [0.15, 0.2) is 28.7 Å². The minimum Gasteiger partial charge on any atom is -0.310 e. The smallest absolute Gasteiger partial charge is 0.0198 e. The number of benzene rings is 1. The number of thioether (sulfide) groups is 1. The molecule has 0 saturated heterocycles. The Morgan fingerprint density at radius 3 is 2.84 bits per heavy atom. The molecule has 3 rings (SSSR count). The largest absolute Gasteiger partial charge is 0.310 e. The summed E-state index contributed by atoms with van der Waals surface area (Å²) in [4.78, 5) is 0. The molecule has 1 aromatic carbocycles. The predicted molar refractivity (Wildman–Crippen MR) is 88.0 cm³/mol. The zero-order valence-electron chi connectivity index (χ0n) is 11.4. The molecule has 0 heterocycles. The van der Waals surface area contributed by atoms with Crippen LogP contribution in [0, 0.1) is 0 Å². The second-order valence-corrected chi connectivity index (χ2v) is 7.89. The van der Waals surface area contributed by atoms with E-state index in [-0.39, 0.29) is 0 Å². The van der Waals surface area contributed by atoms with E-state index in [0.717, 1.165) is 23.3 Å². The fourth-order valence-electron chi connectivity index (χ4n) is 3.49. The van der Waals surface area contributed by atoms with E-state index >= 15 is 0 Å². The van der Waals surface area contributed by atoms with Gasteiger partial charge in [0, 0.05) is 21.8 Å². The van der Waals surface area contributed by atoms with Crippen molar-refractivity contribution in [2.24, 2.45) is 0 Å². The van der Waals surface area contributed by atoms with Crippen LogP contribution in [0.5, 0.6) is 0 Å². The average Bonchev–Trinajstić information content (AvgIpc) is 2.80. The summed E-state index contributed by atoms with van der Waals surface area (Å²) in [6, 6.07) is 10.3. The van der Waals surface area contributed by atoms with Crippen molar-refractivity contribution in [3.63, 3.8) is 0 Å². The molecule has 1 nitrogen and oxygen atoms in total. The topological polar surface area (TPSA) is 12.0 Å². The molecule has 3 heteroatoms. The molecule has 2 aliphatic carbocycles. The summed E-state index contributed by atoms with van der Waals surface area (Å²) in [5, 5.41) is 4.75. The molecule has 1 N–H and O–H groups in total. The summed E-state index contributed by atoms with van der Waals surface area (Å²) < 4.78 is 1.21. The van der Waals surface area contributed by atoms with Gasteiger partial charge in [0.2, 0.25) is 0 Å². The third-order valence-corrected chi connectivity index (χ3v) is 6.33.